The zero-order valence-corrected chi connectivity index (χ0v) is 17.8. The lowest BCUT2D eigenvalue weighted by molar-refractivity contribution is -0.116. The molecule has 1 N–H and O–H groups in total. The lowest BCUT2D eigenvalue weighted by Gasteiger charge is -2.09. The van der Waals surface area contributed by atoms with Crippen LogP contribution in [0.25, 0.3) is 22.4 Å². The van der Waals surface area contributed by atoms with Gasteiger partial charge in [0, 0.05) is 38.2 Å². The minimum Gasteiger partial charge on any atom is -0.497 e. The van der Waals surface area contributed by atoms with Gasteiger partial charge in [0.25, 0.3) is 0 Å². The van der Waals surface area contributed by atoms with Gasteiger partial charge in [0.2, 0.25) is 17.6 Å². The minimum absolute atomic E-state index is 0.110. The van der Waals surface area contributed by atoms with Gasteiger partial charge in [0.1, 0.15) is 5.75 Å². The first-order chi connectivity index (χ1) is 14.9. The van der Waals surface area contributed by atoms with E-state index in [1.165, 1.54) is 0 Å². The molecule has 1 amide bonds. The number of carbonyl (C=O) groups excluding carboxylic acids is 1. The molecule has 9 heteroatoms. The number of methoxy groups -OCH3 is 1. The molecule has 160 valence electrons. The molecular formula is C22H23N5O4. The van der Waals surface area contributed by atoms with Crippen molar-refractivity contribution < 1.29 is 14.1 Å². The summed E-state index contributed by atoms with van der Waals surface area (Å²) in [4.78, 5) is 29.0. The highest BCUT2D eigenvalue weighted by Gasteiger charge is 2.14. The van der Waals surface area contributed by atoms with Crippen molar-refractivity contribution in [3.63, 3.8) is 0 Å². The van der Waals surface area contributed by atoms with Crippen LogP contribution < -0.4 is 15.7 Å². The van der Waals surface area contributed by atoms with Gasteiger partial charge >= 0.3 is 5.69 Å². The summed E-state index contributed by atoms with van der Waals surface area (Å²) in [5.74, 6) is 1.35. The van der Waals surface area contributed by atoms with E-state index in [-0.39, 0.29) is 18.0 Å². The fourth-order valence-corrected chi connectivity index (χ4v) is 3.45. The Balaban J connectivity index is 1.44. The van der Waals surface area contributed by atoms with Crippen molar-refractivity contribution in [1.82, 2.24) is 19.3 Å². The van der Waals surface area contributed by atoms with Gasteiger partial charge in [-0.1, -0.05) is 17.3 Å². The fraction of sp³-hybridized carbons (Fsp3) is 0.273. The number of rotatable bonds is 6. The summed E-state index contributed by atoms with van der Waals surface area (Å²) in [6.45, 7) is 1.89. The van der Waals surface area contributed by atoms with Crippen molar-refractivity contribution in [2.75, 3.05) is 12.4 Å². The van der Waals surface area contributed by atoms with E-state index >= 15 is 0 Å². The Morgan fingerprint density at radius 1 is 1.16 bits per heavy atom. The second-order valence-corrected chi connectivity index (χ2v) is 7.35. The van der Waals surface area contributed by atoms with Crippen molar-refractivity contribution >= 4 is 22.6 Å². The molecule has 0 aliphatic rings. The van der Waals surface area contributed by atoms with E-state index in [4.69, 9.17) is 9.26 Å². The van der Waals surface area contributed by atoms with Crippen molar-refractivity contribution in [2.24, 2.45) is 14.1 Å². The Morgan fingerprint density at radius 2 is 1.90 bits per heavy atom. The van der Waals surface area contributed by atoms with Crippen LogP contribution in [0.3, 0.4) is 0 Å². The molecule has 4 aromatic rings. The molecule has 0 radical (unpaired) electrons. The lowest BCUT2D eigenvalue weighted by Crippen LogP contribution is -2.19. The van der Waals surface area contributed by atoms with Crippen LogP contribution >= 0.6 is 0 Å². The summed E-state index contributed by atoms with van der Waals surface area (Å²) >= 11 is 0. The van der Waals surface area contributed by atoms with E-state index in [2.05, 4.69) is 15.5 Å². The zero-order valence-electron chi connectivity index (χ0n) is 17.8. The number of amides is 1. The third kappa shape index (κ3) is 3.94. The number of anilines is 1. The molecule has 2 aromatic heterocycles. The van der Waals surface area contributed by atoms with Gasteiger partial charge in [0.15, 0.2) is 0 Å². The van der Waals surface area contributed by atoms with E-state index in [9.17, 15) is 9.59 Å². The maximum absolute atomic E-state index is 12.5. The van der Waals surface area contributed by atoms with Gasteiger partial charge < -0.3 is 14.6 Å². The number of aryl methyl sites for hydroxylation is 4. The molecule has 0 aliphatic heterocycles. The predicted octanol–water partition coefficient (Wildman–Crippen LogP) is 2.82. The highest BCUT2D eigenvalue weighted by atomic mass is 16.5. The molecule has 31 heavy (non-hydrogen) atoms. The standard InChI is InChI=1S/C22H23N5O4/c1-13-10-17-18(27(3)22(29)26(17)2)12-16(13)23-19(28)8-9-20-24-21(25-31-20)14-6-5-7-15(11-14)30-4/h5-7,10-12H,8-9H2,1-4H3,(H,23,28). The third-order valence-electron chi connectivity index (χ3n) is 5.25. The fourth-order valence-electron chi connectivity index (χ4n) is 3.45. The monoisotopic (exact) mass is 421 g/mol. The Labute approximate surface area is 178 Å². The van der Waals surface area contributed by atoms with E-state index in [0.29, 0.717) is 29.6 Å². The number of carbonyl (C=O) groups is 1. The number of nitrogens with one attached hydrogen (secondary N) is 1. The summed E-state index contributed by atoms with van der Waals surface area (Å²) in [5, 5.41) is 6.90. The van der Waals surface area contributed by atoms with Gasteiger partial charge in [-0.2, -0.15) is 4.98 Å². The summed E-state index contributed by atoms with van der Waals surface area (Å²) in [7, 11) is 5.03. The van der Waals surface area contributed by atoms with E-state index in [1.54, 1.807) is 30.3 Å². The van der Waals surface area contributed by atoms with Gasteiger partial charge in [-0.25, -0.2) is 4.79 Å². The molecule has 2 aromatic carbocycles. The van der Waals surface area contributed by atoms with E-state index in [1.807, 2.05) is 43.3 Å². The molecule has 0 aliphatic carbocycles. The van der Waals surface area contributed by atoms with Crippen LogP contribution in [0.4, 0.5) is 5.69 Å². The molecule has 0 fully saturated rings. The molecule has 0 atom stereocenters. The number of ether oxygens (including phenoxy) is 1. The molecule has 0 saturated carbocycles. The van der Waals surface area contributed by atoms with Crippen LogP contribution in [0.5, 0.6) is 5.75 Å². The lowest BCUT2D eigenvalue weighted by atomic mass is 10.1. The number of hydrogen-bond acceptors (Lipinski definition) is 6. The summed E-state index contributed by atoms with van der Waals surface area (Å²) in [5.41, 5.74) is 3.78. The van der Waals surface area contributed by atoms with Gasteiger partial charge in [0.05, 0.1) is 18.1 Å². The number of benzene rings is 2. The number of aromatic nitrogens is 4. The van der Waals surface area contributed by atoms with Gasteiger partial charge in [-0.15, -0.1) is 0 Å². The van der Waals surface area contributed by atoms with Crippen molar-refractivity contribution in [3.8, 4) is 17.1 Å². The predicted molar refractivity (Wildman–Crippen MR) is 116 cm³/mol. The van der Waals surface area contributed by atoms with Crippen LogP contribution in [-0.4, -0.2) is 32.3 Å². The molecule has 0 spiro atoms. The molecule has 0 unspecified atom stereocenters. The summed E-state index contributed by atoms with van der Waals surface area (Å²) in [6, 6.07) is 11.1. The largest absolute Gasteiger partial charge is 0.497 e. The van der Waals surface area contributed by atoms with Crippen molar-refractivity contribution in [2.45, 2.75) is 19.8 Å². The first kappa shape index (κ1) is 20.4. The van der Waals surface area contributed by atoms with Crippen LogP contribution in [0.1, 0.15) is 17.9 Å². The number of fused-ring (bicyclic) bond motifs is 1. The maximum Gasteiger partial charge on any atom is 0.328 e. The number of imidazole rings is 1. The zero-order chi connectivity index (χ0) is 22.1. The topological polar surface area (TPSA) is 104 Å². The Bertz CT molecular complexity index is 1330. The molecular weight excluding hydrogens is 398 g/mol. The normalized spacial score (nSPS) is 11.1. The summed E-state index contributed by atoms with van der Waals surface area (Å²) in [6.07, 6.45) is 0.499. The first-order valence-electron chi connectivity index (χ1n) is 9.80. The maximum atomic E-state index is 12.5. The van der Waals surface area contributed by atoms with Crippen LogP contribution in [0.15, 0.2) is 45.7 Å². The SMILES string of the molecule is COc1cccc(-c2noc(CCC(=O)Nc3cc4c(cc3C)n(C)c(=O)n4C)n2)c1. The minimum atomic E-state index is -0.176. The second-order valence-electron chi connectivity index (χ2n) is 7.35. The van der Waals surface area contributed by atoms with Crippen LogP contribution in [-0.2, 0) is 25.3 Å². The molecule has 9 nitrogen and oxygen atoms in total. The second kappa shape index (κ2) is 8.10. The first-order valence-corrected chi connectivity index (χ1v) is 9.80. The highest BCUT2D eigenvalue weighted by Crippen LogP contribution is 2.24. The van der Waals surface area contributed by atoms with Crippen LogP contribution in [0, 0.1) is 6.92 Å². The highest BCUT2D eigenvalue weighted by molar-refractivity contribution is 5.94. The van der Waals surface area contributed by atoms with E-state index < -0.39 is 0 Å². The van der Waals surface area contributed by atoms with Crippen molar-refractivity contribution in [1.29, 1.82) is 0 Å². The quantitative estimate of drug-likeness (QED) is 0.513. The molecule has 0 bridgehead atoms. The Kier molecular flexibility index (Phi) is 5.33. The average molecular weight is 421 g/mol. The van der Waals surface area contributed by atoms with Gasteiger partial charge in [-0.3, -0.25) is 13.9 Å². The number of nitrogens with zero attached hydrogens (tertiary/aromatic N) is 4. The molecule has 4 rings (SSSR count). The third-order valence-corrected chi connectivity index (χ3v) is 5.25. The smallest absolute Gasteiger partial charge is 0.328 e. The average Bonchev–Trinajstić information content (AvgIpc) is 3.33. The number of hydrogen-bond donors (Lipinski definition) is 1. The Morgan fingerprint density at radius 3 is 2.65 bits per heavy atom. The molecule has 2 heterocycles. The van der Waals surface area contributed by atoms with Crippen LogP contribution in [0.2, 0.25) is 0 Å². The van der Waals surface area contributed by atoms with Crippen molar-refractivity contribution in [3.05, 3.63) is 58.3 Å². The molecule has 0 saturated heterocycles. The van der Waals surface area contributed by atoms with E-state index in [0.717, 1.165) is 22.2 Å². The summed E-state index contributed by atoms with van der Waals surface area (Å²) < 4.78 is 13.6. The Hall–Kier alpha value is -3.88. The van der Waals surface area contributed by atoms with Gasteiger partial charge in [-0.05, 0) is 36.8 Å².